The molecule has 30 heavy (non-hydrogen) atoms. The first-order valence-electron chi connectivity index (χ1n) is 10.7. The molecule has 0 radical (unpaired) electrons. The molecule has 0 spiro atoms. The monoisotopic (exact) mass is 402 g/mol. The van der Waals surface area contributed by atoms with E-state index in [-0.39, 0.29) is 17.9 Å². The number of amides is 2. The van der Waals surface area contributed by atoms with Gasteiger partial charge in [0.1, 0.15) is 11.2 Å². The van der Waals surface area contributed by atoms with Crippen molar-refractivity contribution in [1.82, 2.24) is 19.8 Å². The summed E-state index contributed by atoms with van der Waals surface area (Å²) in [6.45, 7) is 2.67. The fraction of sp³-hybridized carbons (Fsp3) is 0.375. The lowest BCUT2D eigenvalue weighted by Crippen LogP contribution is -2.64. The molecular formula is C24H26N4O2. The van der Waals surface area contributed by atoms with Crippen LogP contribution in [-0.2, 0) is 17.9 Å². The number of carbonyl (C=O) groups excluding carboxylic acids is 2. The maximum Gasteiger partial charge on any atom is 0.271 e. The molecule has 1 saturated carbocycles. The molecule has 3 aromatic rings. The Kier molecular flexibility index (Phi) is 4.57. The number of pyridine rings is 1. The van der Waals surface area contributed by atoms with Crippen LogP contribution in [0.1, 0.15) is 48.7 Å². The Morgan fingerprint density at radius 2 is 2.00 bits per heavy atom. The van der Waals surface area contributed by atoms with Gasteiger partial charge in [-0.25, -0.2) is 0 Å². The molecule has 6 nitrogen and oxygen atoms in total. The number of para-hydroxylation sites is 1. The first-order valence-corrected chi connectivity index (χ1v) is 10.7. The smallest absolute Gasteiger partial charge is 0.271 e. The van der Waals surface area contributed by atoms with E-state index in [0.717, 1.165) is 42.1 Å². The van der Waals surface area contributed by atoms with Gasteiger partial charge in [0.15, 0.2) is 0 Å². The van der Waals surface area contributed by atoms with E-state index >= 15 is 0 Å². The summed E-state index contributed by atoms with van der Waals surface area (Å²) in [5, 5.41) is 4.25. The minimum Gasteiger partial charge on any atom is -0.351 e. The number of aromatic nitrogens is 2. The van der Waals surface area contributed by atoms with Crippen LogP contribution in [0.2, 0.25) is 0 Å². The van der Waals surface area contributed by atoms with Gasteiger partial charge in [-0.1, -0.05) is 37.1 Å². The second kappa shape index (κ2) is 7.27. The Bertz CT molecular complexity index is 1100. The van der Waals surface area contributed by atoms with Crippen LogP contribution in [0.25, 0.3) is 10.9 Å². The molecule has 2 aromatic heterocycles. The van der Waals surface area contributed by atoms with E-state index in [0.29, 0.717) is 18.8 Å². The lowest BCUT2D eigenvalue weighted by Gasteiger charge is -2.44. The van der Waals surface area contributed by atoms with E-state index < -0.39 is 5.54 Å². The van der Waals surface area contributed by atoms with Crippen molar-refractivity contribution in [2.75, 3.05) is 0 Å². The van der Waals surface area contributed by atoms with Crippen molar-refractivity contribution in [3.8, 4) is 0 Å². The van der Waals surface area contributed by atoms with Crippen LogP contribution < -0.4 is 5.32 Å². The zero-order chi connectivity index (χ0) is 20.7. The van der Waals surface area contributed by atoms with Crippen LogP contribution >= 0.6 is 0 Å². The largest absolute Gasteiger partial charge is 0.351 e. The first-order chi connectivity index (χ1) is 14.6. The average molecular weight is 402 g/mol. The zero-order valence-electron chi connectivity index (χ0n) is 17.2. The molecule has 6 heteroatoms. The van der Waals surface area contributed by atoms with Crippen molar-refractivity contribution in [3.05, 3.63) is 66.1 Å². The SMILES string of the molecule is C[C@]1(C(=O)NC2CCCC2)Cn2c(cc3ccccc32)C(=O)N1Cc1cccnc1. The predicted molar refractivity (Wildman–Crippen MR) is 115 cm³/mol. The van der Waals surface area contributed by atoms with Gasteiger partial charge >= 0.3 is 0 Å². The quantitative estimate of drug-likeness (QED) is 0.726. The van der Waals surface area contributed by atoms with Crippen molar-refractivity contribution in [3.63, 3.8) is 0 Å². The van der Waals surface area contributed by atoms with Gasteiger partial charge < -0.3 is 14.8 Å². The highest BCUT2D eigenvalue weighted by molar-refractivity contribution is 6.03. The fourth-order valence-corrected chi connectivity index (χ4v) is 4.84. The van der Waals surface area contributed by atoms with E-state index in [1.807, 2.05) is 54.0 Å². The first kappa shape index (κ1) is 18.9. The van der Waals surface area contributed by atoms with E-state index in [2.05, 4.69) is 10.3 Å². The molecule has 3 heterocycles. The molecule has 0 unspecified atom stereocenters. The van der Waals surface area contributed by atoms with Gasteiger partial charge in [0.25, 0.3) is 5.91 Å². The van der Waals surface area contributed by atoms with Gasteiger partial charge in [-0.2, -0.15) is 0 Å². The molecule has 1 N–H and O–H groups in total. The van der Waals surface area contributed by atoms with Gasteiger partial charge in [0.2, 0.25) is 5.91 Å². The van der Waals surface area contributed by atoms with Crippen molar-refractivity contribution < 1.29 is 9.59 Å². The molecule has 1 aliphatic heterocycles. The molecule has 154 valence electrons. The average Bonchev–Trinajstić information content (AvgIpc) is 3.40. The molecule has 0 saturated heterocycles. The molecule has 1 aromatic carbocycles. The number of hydrogen-bond donors (Lipinski definition) is 1. The number of carbonyl (C=O) groups is 2. The van der Waals surface area contributed by atoms with Gasteiger partial charge in [0.05, 0.1) is 6.54 Å². The number of nitrogens with zero attached hydrogens (tertiary/aromatic N) is 3. The van der Waals surface area contributed by atoms with Crippen LogP contribution in [0, 0.1) is 0 Å². The molecular weight excluding hydrogens is 376 g/mol. The summed E-state index contributed by atoms with van der Waals surface area (Å²) in [5.41, 5.74) is 1.55. The Hall–Kier alpha value is -3.15. The fourth-order valence-electron chi connectivity index (χ4n) is 4.84. The molecule has 1 fully saturated rings. The Morgan fingerprint density at radius 3 is 2.77 bits per heavy atom. The highest BCUT2D eigenvalue weighted by Crippen LogP contribution is 2.34. The lowest BCUT2D eigenvalue weighted by atomic mass is 9.93. The van der Waals surface area contributed by atoms with Crippen LogP contribution in [0.5, 0.6) is 0 Å². The summed E-state index contributed by atoms with van der Waals surface area (Å²) in [6.07, 6.45) is 7.78. The van der Waals surface area contributed by atoms with Gasteiger partial charge in [-0.3, -0.25) is 14.6 Å². The zero-order valence-corrected chi connectivity index (χ0v) is 17.2. The molecule has 2 amide bonds. The molecule has 0 bridgehead atoms. The summed E-state index contributed by atoms with van der Waals surface area (Å²) >= 11 is 0. The third-order valence-corrected chi connectivity index (χ3v) is 6.58. The minimum absolute atomic E-state index is 0.0740. The standard InChI is InChI=1S/C24H26N4O2/c1-24(23(30)26-19-9-3-4-10-19)16-27-20-11-5-2-8-18(20)13-21(27)22(29)28(24)15-17-7-6-12-25-14-17/h2,5-8,11-14,19H,3-4,9-10,15-16H2,1H3,(H,26,30)/t24-/m1/s1. The maximum atomic E-state index is 13.7. The summed E-state index contributed by atoms with van der Waals surface area (Å²) in [7, 11) is 0. The summed E-state index contributed by atoms with van der Waals surface area (Å²) < 4.78 is 2.01. The maximum absolute atomic E-state index is 13.7. The molecule has 5 rings (SSSR count). The van der Waals surface area contributed by atoms with Crippen LogP contribution in [0.3, 0.4) is 0 Å². The highest BCUT2D eigenvalue weighted by Gasteiger charge is 2.48. The Morgan fingerprint density at radius 1 is 1.20 bits per heavy atom. The van der Waals surface area contributed by atoms with Crippen molar-refractivity contribution >= 4 is 22.7 Å². The van der Waals surface area contributed by atoms with E-state index in [4.69, 9.17) is 0 Å². The van der Waals surface area contributed by atoms with Crippen molar-refractivity contribution in [1.29, 1.82) is 0 Å². The van der Waals surface area contributed by atoms with Gasteiger partial charge in [-0.15, -0.1) is 0 Å². The number of fused-ring (bicyclic) bond motifs is 3. The van der Waals surface area contributed by atoms with Crippen LogP contribution in [0.15, 0.2) is 54.9 Å². The lowest BCUT2D eigenvalue weighted by molar-refractivity contribution is -0.133. The number of rotatable bonds is 4. The second-order valence-electron chi connectivity index (χ2n) is 8.66. The van der Waals surface area contributed by atoms with Crippen LogP contribution in [0.4, 0.5) is 0 Å². The molecule has 2 aliphatic rings. The van der Waals surface area contributed by atoms with E-state index in [1.165, 1.54) is 0 Å². The third kappa shape index (κ3) is 3.07. The highest BCUT2D eigenvalue weighted by atomic mass is 16.2. The van der Waals surface area contributed by atoms with Crippen LogP contribution in [-0.4, -0.2) is 37.8 Å². The van der Waals surface area contributed by atoms with Gasteiger partial charge in [0, 0.05) is 35.9 Å². The second-order valence-corrected chi connectivity index (χ2v) is 8.66. The normalized spacial score (nSPS) is 21.8. The molecule has 1 aliphatic carbocycles. The van der Waals surface area contributed by atoms with Gasteiger partial charge in [-0.05, 0) is 43.5 Å². The summed E-state index contributed by atoms with van der Waals surface area (Å²) in [5.74, 6) is -0.194. The summed E-state index contributed by atoms with van der Waals surface area (Å²) in [6, 6.07) is 13.9. The Labute approximate surface area is 175 Å². The number of hydrogen-bond acceptors (Lipinski definition) is 3. The number of benzene rings is 1. The summed E-state index contributed by atoms with van der Waals surface area (Å²) in [4.78, 5) is 33.1. The van der Waals surface area contributed by atoms with E-state index in [9.17, 15) is 9.59 Å². The number of nitrogens with one attached hydrogen (secondary N) is 1. The minimum atomic E-state index is -0.982. The third-order valence-electron chi connectivity index (χ3n) is 6.58. The molecule has 1 atom stereocenters. The predicted octanol–water partition coefficient (Wildman–Crippen LogP) is 3.51. The van der Waals surface area contributed by atoms with E-state index in [1.54, 1.807) is 17.3 Å². The Balaban J connectivity index is 1.57. The van der Waals surface area contributed by atoms with Crippen molar-refractivity contribution in [2.24, 2.45) is 0 Å². The topological polar surface area (TPSA) is 67.2 Å². The van der Waals surface area contributed by atoms with Crippen molar-refractivity contribution in [2.45, 2.75) is 57.3 Å².